The summed E-state index contributed by atoms with van der Waals surface area (Å²) in [6.45, 7) is 0. The second-order valence-electron chi connectivity index (χ2n) is 5.56. The number of hydrogen-bond acceptors (Lipinski definition) is 5. The Morgan fingerprint density at radius 2 is 2.00 bits per heavy atom. The van der Waals surface area contributed by atoms with Gasteiger partial charge < -0.3 is 4.74 Å². The number of rotatable bonds is 5. The molecule has 1 heterocycles. The van der Waals surface area contributed by atoms with Crippen LogP contribution in [-0.4, -0.2) is 35.9 Å². The summed E-state index contributed by atoms with van der Waals surface area (Å²) in [6.07, 6.45) is 0.279. The van der Waals surface area contributed by atoms with Crippen LogP contribution in [-0.2, 0) is 16.0 Å². The van der Waals surface area contributed by atoms with Gasteiger partial charge in [-0.3, -0.25) is 19.7 Å². The number of thioether (sulfide) groups is 1. The van der Waals surface area contributed by atoms with Gasteiger partial charge in [-0.05, 0) is 29.8 Å². The fourth-order valence-electron chi connectivity index (χ4n) is 2.82. The molecule has 1 aliphatic rings. The normalized spacial score (nSPS) is 14.6. The van der Waals surface area contributed by atoms with Gasteiger partial charge in [0.25, 0.3) is 5.91 Å². The first-order chi connectivity index (χ1) is 12.1. The Bertz CT molecular complexity index is 779. The number of carbonyl (C=O) groups excluding carboxylic acids is 2. The fourth-order valence-corrected chi connectivity index (χ4v) is 3.73. The molecule has 0 bridgehead atoms. The summed E-state index contributed by atoms with van der Waals surface area (Å²) in [6, 6.07) is 13.9. The van der Waals surface area contributed by atoms with Gasteiger partial charge in [0.2, 0.25) is 5.91 Å². The minimum absolute atomic E-state index is 0.161. The summed E-state index contributed by atoms with van der Waals surface area (Å²) < 4.78 is 5.14. The Morgan fingerprint density at radius 1 is 1.28 bits per heavy atom. The Morgan fingerprint density at radius 3 is 2.68 bits per heavy atom. The number of carbonyl (C=O) groups is 2. The number of ether oxygens (including phenoxy) is 1. The third kappa shape index (κ3) is 3.62. The smallest absolute Gasteiger partial charge is 0.266 e. The van der Waals surface area contributed by atoms with E-state index in [9.17, 15) is 9.59 Å². The molecule has 25 heavy (non-hydrogen) atoms. The number of methoxy groups -OCH3 is 1. The van der Waals surface area contributed by atoms with Gasteiger partial charge >= 0.3 is 0 Å². The van der Waals surface area contributed by atoms with E-state index in [2.05, 4.69) is 0 Å². The summed E-state index contributed by atoms with van der Waals surface area (Å²) in [7, 11) is 1.58. The van der Waals surface area contributed by atoms with Crippen LogP contribution in [0.5, 0.6) is 5.75 Å². The summed E-state index contributed by atoms with van der Waals surface area (Å²) in [5.74, 6) is 0.189. The van der Waals surface area contributed by atoms with Crippen LogP contribution in [0.3, 0.4) is 0 Å². The molecule has 2 aromatic carbocycles. The number of hydroxylamine groups is 1. The number of benzene rings is 2. The van der Waals surface area contributed by atoms with E-state index < -0.39 is 11.9 Å². The molecule has 1 aliphatic heterocycles. The Hall–Kier alpha value is -2.51. The lowest BCUT2D eigenvalue weighted by Gasteiger charge is -2.34. The molecule has 0 aliphatic carbocycles. The molecule has 7 heteroatoms. The third-order valence-corrected chi connectivity index (χ3v) is 5.10. The van der Waals surface area contributed by atoms with Crippen molar-refractivity contribution >= 4 is 29.3 Å². The van der Waals surface area contributed by atoms with Gasteiger partial charge in [-0.15, -0.1) is 11.8 Å². The fraction of sp³-hybridized carbons (Fsp3) is 0.222. The van der Waals surface area contributed by atoms with Crippen molar-refractivity contribution in [1.29, 1.82) is 0 Å². The molecular weight excluding hydrogens is 340 g/mol. The summed E-state index contributed by atoms with van der Waals surface area (Å²) >= 11 is 1.45. The first kappa shape index (κ1) is 17.3. The molecule has 0 fully saturated rings. The van der Waals surface area contributed by atoms with Crippen LogP contribution in [0.2, 0.25) is 0 Å². The van der Waals surface area contributed by atoms with Crippen molar-refractivity contribution in [3.05, 3.63) is 54.1 Å². The van der Waals surface area contributed by atoms with Gasteiger partial charge in [0.1, 0.15) is 11.8 Å². The molecule has 2 N–H and O–H groups in total. The zero-order chi connectivity index (χ0) is 17.8. The van der Waals surface area contributed by atoms with Crippen molar-refractivity contribution in [2.24, 2.45) is 0 Å². The minimum Gasteiger partial charge on any atom is -0.497 e. The zero-order valence-corrected chi connectivity index (χ0v) is 14.5. The van der Waals surface area contributed by atoms with Crippen LogP contribution in [0.15, 0.2) is 53.4 Å². The highest BCUT2D eigenvalue weighted by molar-refractivity contribution is 8.00. The number of nitrogens with zero attached hydrogens (tertiary/aromatic N) is 1. The predicted molar refractivity (Wildman–Crippen MR) is 95.1 cm³/mol. The van der Waals surface area contributed by atoms with Crippen molar-refractivity contribution < 1.29 is 19.5 Å². The highest BCUT2D eigenvalue weighted by Crippen LogP contribution is 2.36. The van der Waals surface area contributed by atoms with Gasteiger partial charge in [0, 0.05) is 11.3 Å². The summed E-state index contributed by atoms with van der Waals surface area (Å²) in [5, 5.41) is 9.17. The topological polar surface area (TPSA) is 78.9 Å². The van der Waals surface area contributed by atoms with Crippen LogP contribution in [0, 0.1) is 0 Å². The summed E-state index contributed by atoms with van der Waals surface area (Å²) in [5.41, 5.74) is 3.24. The Kier molecular flexibility index (Phi) is 5.25. The van der Waals surface area contributed by atoms with E-state index in [-0.39, 0.29) is 18.1 Å². The van der Waals surface area contributed by atoms with Crippen molar-refractivity contribution in [3.8, 4) is 5.75 Å². The standard InChI is InChI=1S/C18H18N2O4S/c1-24-13-8-6-12(7-9-13)10-15(18(22)19-23)20-14-4-2-3-5-16(14)25-11-17(20)21/h2-9,15,23H,10-11H2,1H3,(H,19,22). The van der Waals surface area contributed by atoms with Gasteiger partial charge in [0.05, 0.1) is 18.6 Å². The third-order valence-electron chi connectivity index (χ3n) is 4.06. The lowest BCUT2D eigenvalue weighted by Crippen LogP contribution is -2.52. The zero-order valence-electron chi connectivity index (χ0n) is 13.6. The maximum Gasteiger partial charge on any atom is 0.266 e. The second-order valence-corrected chi connectivity index (χ2v) is 6.58. The van der Waals surface area contributed by atoms with Crippen molar-refractivity contribution in [1.82, 2.24) is 5.48 Å². The van der Waals surface area contributed by atoms with Crippen LogP contribution in [0.1, 0.15) is 5.56 Å². The molecule has 1 unspecified atom stereocenters. The van der Waals surface area contributed by atoms with Crippen molar-refractivity contribution in [2.45, 2.75) is 17.4 Å². The van der Waals surface area contributed by atoms with E-state index in [1.807, 2.05) is 36.4 Å². The lowest BCUT2D eigenvalue weighted by atomic mass is 10.0. The van der Waals surface area contributed by atoms with E-state index in [1.54, 1.807) is 24.7 Å². The number of nitrogens with one attached hydrogen (secondary N) is 1. The Labute approximate surface area is 149 Å². The van der Waals surface area contributed by atoms with Crippen LogP contribution in [0.25, 0.3) is 0 Å². The average molecular weight is 358 g/mol. The molecule has 0 radical (unpaired) electrons. The maximum absolute atomic E-state index is 12.5. The molecule has 2 aromatic rings. The number of fused-ring (bicyclic) bond motifs is 1. The lowest BCUT2D eigenvalue weighted by molar-refractivity contribution is -0.132. The molecular formula is C18H18N2O4S. The number of anilines is 1. The molecule has 6 nitrogen and oxygen atoms in total. The molecule has 0 saturated heterocycles. The largest absolute Gasteiger partial charge is 0.497 e. The average Bonchev–Trinajstić information content (AvgIpc) is 2.66. The van der Waals surface area contributed by atoms with Crippen LogP contribution < -0.4 is 15.1 Å². The van der Waals surface area contributed by atoms with Crippen LogP contribution in [0.4, 0.5) is 5.69 Å². The number of amides is 2. The number of hydrogen-bond donors (Lipinski definition) is 2. The highest BCUT2D eigenvalue weighted by atomic mass is 32.2. The molecule has 3 rings (SSSR count). The molecule has 0 spiro atoms. The monoisotopic (exact) mass is 358 g/mol. The number of para-hydroxylation sites is 1. The second kappa shape index (κ2) is 7.58. The predicted octanol–water partition coefficient (Wildman–Crippen LogP) is 2.25. The molecule has 0 saturated carbocycles. The maximum atomic E-state index is 12.5. The quantitative estimate of drug-likeness (QED) is 0.633. The van der Waals surface area contributed by atoms with Gasteiger partial charge in [-0.1, -0.05) is 24.3 Å². The van der Waals surface area contributed by atoms with Crippen LogP contribution >= 0.6 is 11.8 Å². The van der Waals surface area contributed by atoms with E-state index in [1.165, 1.54) is 16.7 Å². The first-order valence-corrected chi connectivity index (χ1v) is 8.73. The SMILES string of the molecule is COc1ccc(CC(C(=O)NO)N2C(=O)CSc3ccccc32)cc1. The molecule has 1 atom stereocenters. The van der Waals surface area contributed by atoms with E-state index in [4.69, 9.17) is 9.94 Å². The highest BCUT2D eigenvalue weighted by Gasteiger charge is 2.35. The van der Waals surface area contributed by atoms with E-state index in [0.29, 0.717) is 11.4 Å². The Balaban J connectivity index is 1.95. The molecule has 130 valence electrons. The van der Waals surface area contributed by atoms with Gasteiger partial charge in [-0.2, -0.15) is 0 Å². The van der Waals surface area contributed by atoms with Crippen molar-refractivity contribution in [2.75, 3.05) is 17.8 Å². The van der Waals surface area contributed by atoms with Gasteiger partial charge in [-0.25, -0.2) is 5.48 Å². The summed E-state index contributed by atoms with van der Waals surface area (Å²) in [4.78, 5) is 27.3. The van der Waals surface area contributed by atoms with E-state index >= 15 is 0 Å². The molecule has 2 amide bonds. The minimum atomic E-state index is -0.840. The first-order valence-electron chi connectivity index (χ1n) is 7.75. The van der Waals surface area contributed by atoms with Gasteiger partial charge in [0.15, 0.2) is 0 Å². The van der Waals surface area contributed by atoms with Crippen molar-refractivity contribution in [3.63, 3.8) is 0 Å². The van der Waals surface area contributed by atoms with E-state index in [0.717, 1.165) is 10.5 Å². The molecule has 0 aromatic heterocycles.